The van der Waals surface area contributed by atoms with Crippen LogP contribution in [0, 0.1) is 0 Å². The summed E-state index contributed by atoms with van der Waals surface area (Å²) in [6.45, 7) is 1.53. The summed E-state index contributed by atoms with van der Waals surface area (Å²) >= 11 is 0. The molecule has 0 saturated carbocycles. The molecular weight excluding hydrogens is 352 g/mol. The molecule has 0 spiro atoms. The molecule has 27 heavy (non-hydrogen) atoms. The van der Waals surface area contributed by atoms with E-state index in [0.717, 1.165) is 11.0 Å². The molecule has 1 fully saturated rings. The Bertz CT molecular complexity index is 903. The molecule has 1 aliphatic rings. The van der Waals surface area contributed by atoms with Crippen molar-refractivity contribution in [1.82, 2.24) is 18.9 Å². The molecule has 146 valence electrons. The van der Waals surface area contributed by atoms with E-state index in [-0.39, 0.29) is 30.8 Å². The van der Waals surface area contributed by atoms with Crippen LogP contribution < -0.4 is 5.69 Å². The van der Waals surface area contributed by atoms with Crippen LogP contribution in [0.4, 0.5) is 0 Å². The van der Waals surface area contributed by atoms with E-state index in [1.807, 2.05) is 24.3 Å². The van der Waals surface area contributed by atoms with Gasteiger partial charge in [0.1, 0.15) is 6.54 Å². The smallest absolute Gasteiger partial charge is 0.329 e. The van der Waals surface area contributed by atoms with Gasteiger partial charge >= 0.3 is 11.7 Å². The molecule has 9 heteroatoms. The van der Waals surface area contributed by atoms with Gasteiger partial charge in [0.2, 0.25) is 5.91 Å². The standard InChI is InChI=1S/C18H24N4O5/c1-19(12-17(24)25)9-13-10-21(7-8-27-13)16(23)11-22-15-6-4-3-5-14(15)20(2)18(22)26/h3-6,13H,7-12H2,1-2H3,(H,24,25). The fourth-order valence-corrected chi connectivity index (χ4v) is 3.45. The second-order valence-corrected chi connectivity index (χ2v) is 6.84. The molecule has 1 unspecified atom stereocenters. The zero-order chi connectivity index (χ0) is 19.6. The van der Waals surface area contributed by atoms with Crippen molar-refractivity contribution in [2.75, 3.05) is 39.8 Å². The van der Waals surface area contributed by atoms with Crippen molar-refractivity contribution in [2.24, 2.45) is 7.05 Å². The summed E-state index contributed by atoms with van der Waals surface area (Å²) in [5, 5.41) is 8.85. The molecule has 3 rings (SSSR count). The number of imidazole rings is 1. The van der Waals surface area contributed by atoms with Gasteiger partial charge in [0.05, 0.1) is 30.3 Å². The fraction of sp³-hybridized carbons (Fsp3) is 0.500. The first-order valence-corrected chi connectivity index (χ1v) is 8.80. The first kappa shape index (κ1) is 19.1. The fourth-order valence-electron chi connectivity index (χ4n) is 3.45. The lowest BCUT2D eigenvalue weighted by Crippen LogP contribution is -2.50. The highest BCUT2D eigenvalue weighted by Gasteiger charge is 2.26. The number of carboxylic acid groups (broad SMARTS) is 1. The van der Waals surface area contributed by atoms with Crippen LogP contribution in [0.2, 0.25) is 0 Å². The van der Waals surface area contributed by atoms with Gasteiger partial charge in [-0.3, -0.25) is 23.6 Å². The number of hydrogen-bond acceptors (Lipinski definition) is 5. The summed E-state index contributed by atoms with van der Waals surface area (Å²) in [5.41, 5.74) is 1.28. The van der Waals surface area contributed by atoms with E-state index in [2.05, 4.69) is 0 Å². The van der Waals surface area contributed by atoms with Gasteiger partial charge in [-0.2, -0.15) is 0 Å². The molecule has 1 atom stereocenters. The van der Waals surface area contributed by atoms with Gasteiger partial charge in [0.15, 0.2) is 0 Å². The lowest BCUT2D eigenvalue weighted by Gasteiger charge is -2.34. The van der Waals surface area contributed by atoms with Crippen LogP contribution in [0.15, 0.2) is 29.1 Å². The summed E-state index contributed by atoms with van der Waals surface area (Å²) in [7, 11) is 3.39. The Hall–Kier alpha value is -2.65. The molecular formula is C18H24N4O5. The summed E-state index contributed by atoms with van der Waals surface area (Å²) in [6.07, 6.45) is -0.253. The Morgan fingerprint density at radius 3 is 2.70 bits per heavy atom. The Labute approximate surface area is 156 Å². The van der Waals surface area contributed by atoms with Crippen LogP contribution in [0.25, 0.3) is 11.0 Å². The van der Waals surface area contributed by atoms with Crippen molar-refractivity contribution in [2.45, 2.75) is 12.6 Å². The second-order valence-electron chi connectivity index (χ2n) is 6.84. The minimum absolute atomic E-state index is 0.0299. The Balaban J connectivity index is 1.69. The molecule has 1 amide bonds. The number of ether oxygens (including phenoxy) is 1. The number of rotatable bonds is 6. The van der Waals surface area contributed by atoms with Gasteiger partial charge in [-0.05, 0) is 19.2 Å². The number of carbonyl (C=O) groups excluding carboxylic acids is 1. The zero-order valence-electron chi connectivity index (χ0n) is 15.5. The number of aryl methyl sites for hydroxylation is 1. The summed E-state index contributed by atoms with van der Waals surface area (Å²) in [6, 6.07) is 7.37. The number of carbonyl (C=O) groups is 2. The zero-order valence-corrected chi connectivity index (χ0v) is 15.5. The van der Waals surface area contributed by atoms with E-state index in [1.54, 1.807) is 23.9 Å². The van der Waals surface area contributed by atoms with Gasteiger partial charge in [-0.15, -0.1) is 0 Å². The summed E-state index contributed by atoms with van der Waals surface area (Å²) in [4.78, 5) is 39.4. The maximum atomic E-state index is 12.8. The molecule has 1 saturated heterocycles. The number of benzene rings is 1. The molecule has 0 radical (unpaired) electrons. The van der Waals surface area contributed by atoms with Crippen molar-refractivity contribution in [3.63, 3.8) is 0 Å². The van der Waals surface area contributed by atoms with Gasteiger partial charge in [-0.25, -0.2) is 4.79 Å². The van der Waals surface area contributed by atoms with Crippen molar-refractivity contribution in [3.8, 4) is 0 Å². The highest BCUT2D eigenvalue weighted by molar-refractivity contribution is 5.81. The molecule has 1 aromatic heterocycles. The molecule has 1 aromatic carbocycles. The monoisotopic (exact) mass is 376 g/mol. The van der Waals surface area contributed by atoms with E-state index in [9.17, 15) is 14.4 Å². The van der Waals surface area contributed by atoms with Gasteiger partial charge in [-0.1, -0.05) is 12.1 Å². The second kappa shape index (κ2) is 7.93. The number of likely N-dealkylation sites (N-methyl/N-ethyl adjacent to an activating group) is 1. The van der Waals surface area contributed by atoms with Crippen LogP contribution in [-0.2, 0) is 27.9 Å². The summed E-state index contributed by atoms with van der Waals surface area (Å²) in [5.74, 6) is -1.06. The number of nitrogens with zero attached hydrogens (tertiary/aromatic N) is 4. The predicted molar refractivity (Wildman–Crippen MR) is 98.6 cm³/mol. The Morgan fingerprint density at radius 2 is 2.00 bits per heavy atom. The number of carboxylic acids is 1. The van der Waals surface area contributed by atoms with Crippen LogP contribution >= 0.6 is 0 Å². The Morgan fingerprint density at radius 1 is 1.30 bits per heavy atom. The third kappa shape index (κ3) is 4.20. The predicted octanol–water partition coefficient (Wildman–Crippen LogP) is -0.416. The molecule has 0 bridgehead atoms. The van der Waals surface area contributed by atoms with E-state index in [0.29, 0.717) is 26.2 Å². The third-order valence-corrected chi connectivity index (χ3v) is 4.76. The molecule has 9 nitrogen and oxygen atoms in total. The molecule has 0 aliphatic carbocycles. The van der Waals surface area contributed by atoms with Gasteiger partial charge in [0, 0.05) is 26.7 Å². The highest BCUT2D eigenvalue weighted by atomic mass is 16.5. The third-order valence-electron chi connectivity index (χ3n) is 4.76. The quantitative estimate of drug-likeness (QED) is 0.736. The topological polar surface area (TPSA) is 97.0 Å². The van der Waals surface area contributed by atoms with Crippen molar-refractivity contribution in [1.29, 1.82) is 0 Å². The van der Waals surface area contributed by atoms with E-state index in [1.165, 1.54) is 9.13 Å². The minimum Gasteiger partial charge on any atom is -0.480 e. The molecule has 1 N–H and O–H groups in total. The number of morpholine rings is 1. The van der Waals surface area contributed by atoms with Crippen molar-refractivity contribution in [3.05, 3.63) is 34.7 Å². The molecule has 1 aliphatic heterocycles. The first-order chi connectivity index (χ1) is 12.9. The lowest BCUT2D eigenvalue weighted by molar-refractivity contribution is -0.142. The van der Waals surface area contributed by atoms with Gasteiger partial charge in [0.25, 0.3) is 0 Å². The summed E-state index contributed by atoms with van der Waals surface area (Å²) < 4.78 is 8.68. The van der Waals surface area contributed by atoms with Gasteiger partial charge < -0.3 is 14.7 Å². The van der Waals surface area contributed by atoms with Crippen molar-refractivity contribution < 1.29 is 19.4 Å². The van der Waals surface area contributed by atoms with E-state index >= 15 is 0 Å². The van der Waals surface area contributed by atoms with Crippen LogP contribution in [0.3, 0.4) is 0 Å². The normalized spacial score (nSPS) is 17.6. The number of fused-ring (bicyclic) bond motifs is 1. The van der Waals surface area contributed by atoms with Crippen molar-refractivity contribution >= 4 is 22.9 Å². The van der Waals surface area contributed by atoms with E-state index < -0.39 is 5.97 Å². The lowest BCUT2D eigenvalue weighted by atomic mass is 10.2. The maximum absolute atomic E-state index is 12.8. The van der Waals surface area contributed by atoms with Crippen LogP contribution in [0.1, 0.15) is 0 Å². The average Bonchev–Trinajstić information content (AvgIpc) is 2.86. The number of hydrogen-bond donors (Lipinski definition) is 1. The molecule has 2 heterocycles. The van der Waals surface area contributed by atoms with Crippen LogP contribution in [-0.4, -0.2) is 81.9 Å². The average molecular weight is 376 g/mol. The molecule has 2 aromatic rings. The van der Waals surface area contributed by atoms with E-state index in [4.69, 9.17) is 9.84 Å². The van der Waals surface area contributed by atoms with Crippen LogP contribution in [0.5, 0.6) is 0 Å². The Kier molecular flexibility index (Phi) is 5.62. The highest BCUT2D eigenvalue weighted by Crippen LogP contribution is 2.13. The first-order valence-electron chi connectivity index (χ1n) is 8.80. The SMILES string of the molecule is CN(CC(=O)O)CC1CN(C(=O)Cn2c(=O)n(C)c3ccccc32)CCO1. The minimum atomic E-state index is -0.906. The number of para-hydroxylation sites is 2. The number of aliphatic carboxylic acids is 1. The maximum Gasteiger partial charge on any atom is 0.329 e. The largest absolute Gasteiger partial charge is 0.480 e. The number of amides is 1. The number of aromatic nitrogens is 2.